The third kappa shape index (κ3) is 7.56. The molecule has 0 aliphatic rings. The van der Waals surface area contributed by atoms with E-state index < -0.39 is 0 Å². The van der Waals surface area contributed by atoms with Crippen LogP contribution in [0.15, 0.2) is 46.8 Å². The standard InChI is InChI=1S/C20H18Cl2N4O4S2/c1-29-14-5-2-12(3-6-14)8-17(27)23-24-18(28)11-31-20-26-25-19(32-20)10-30-16-7-4-13(21)9-15(16)22/h2-7,9H,8,10-11H2,1H3,(H,23,27)(H,24,28). The topological polar surface area (TPSA) is 102 Å². The average molecular weight is 513 g/mol. The Morgan fingerprint density at radius 1 is 1.06 bits per heavy atom. The van der Waals surface area contributed by atoms with Gasteiger partial charge < -0.3 is 9.47 Å². The fourth-order valence-corrected chi connectivity index (χ4v) is 4.43. The highest BCUT2D eigenvalue weighted by molar-refractivity contribution is 8.01. The number of carbonyl (C=O) groups excluding carboxylic acids is 2. The van der Waals surface area contributed by atoms with Crippen LogP contribution in [0, 0.1) is 0 Å². The van der Waals surface area contributed by atoms with Crippen molar-refractivity contribution >= 4 is 58.1 Å². The summed E-state index contributed by atoms with van der Waals surface area (Å²) in [5.74, 6) is 0.579. The Morgan fingerprint density at radius 2 is 1.81 bits per heavy atom. The van der Waals surface area contributed by atoms with Gasteiger partial charge in [-0.25, -0.2) is 0 Å². The lowest BCUT2D eigenvalue weighted by Crippen LogP contribution is -2.43. The lowest BCUT2D eigenvalue weighted by atomic mass is 10.1. The van der Waals surface area contributed by atoms with Crippen LogP contribution in [0.1, 0.15) is 10.6 Å². The second-order valence-corrected chi connectivity index (χ2v) is 9.36. The number of ether oxygens (including phenoxy) is 2. The highest BCUT2D eigenvalue weighted by Crippen LogP contribution is 2.29. The molecule has 0 saturated carbocycles. The molecule has 12 heteroatoms. The zero-order valence-corrected chi connectivity index (χ0v) is 19.9. The molecule has 0 unspecified atom stereocenters. The number of thioether (sulfide) groups is 1. The number of amides is 2. The number of hydrogen-bond acceptors (Lipinski definition) is 8. The van der Waals surface area contributed by atoms with E-state index in [1.165, 1.54) is 23.1 Å². The SMILES string of the molecule is COc1ccc(CC(=O)NNC(=O)CSc2nnc(COc3ccc(Cl)cc3Cl)s2)cc1. The summed E-state index contributed by atoms with van der Waals surface area (Å²) in [6.45, 7) is 0.188. The number of benzene rings is 2. The van der Waals surface area contributed by atoms with Crippen molar-refractivity contribution in [2.45, 2.75) is 17.4 Å². The molecule has 0 aliphatic heterocycles. The largest absolute Gasteiger partial charge is 0.497 e. The highest BCUT2D eigenvalue weighted by Gasteiger charge is 2.11. The number of carbonyl (C=O) groups is 2. The molecule has 0 bridgehead atoms. The Balaban J connectivity index is 1.37. The summed E-state index contributed by atoms with van der Waals surface area (Å²) in [5, 5.41) is 9.61. The summed E-state index contributed by atoms with van der Waals surface area (Å²) < 4.78 is 11.3. The molecule has 0 aliphatic carbocycles. The summed E-state index contributed by atoms with van der Waals surface area (Å²) in [6.07, 6.45) is 0.134. The molecule has 1 aromatic heterocycles. The predicted octanol–water partition coefficient (Wildman–Crippen LogP) is 3.91. The number of hydrogen-bond donors (Lipinski definition) is 2. The van der Waals surface area contributed by atoms with E-state index in [0.29, 0.717) is 30.9 Å². The Kier molecular flexibility index (Phi) is 8.98. The van der Waals surface area contributed by atoms with Crippen molar-refractivity contribution in [2.24, 2.45) is 0 Å². The maximum Gasteiger partial charge on any atom is 0.248 e. The maximum absolute atomic E-state index is 12.0. The van der Waals surface area contributed by atoms with Gasteiger partial charge in [-0.15, -0.1) is 10.2 Å². The fourth-order valence-electron chi connectivity index (χ4n) is 2.36. The van der Waals surface area contributed by atoms with Gasteiger partial charge in [-0.05, 0) is 35.9 Å². The molecule has 0 fully saturated rings. The molecule has 0 saturated heterocycles. The fraction of sp³-hybridized carbons (Fsp3) is 0.200. The van der Waals surface area contributed by atoms with Crippen molar-refractivity contribution < 1.29 is 19.1 Å². The highest BCUT2D eigenvalue weighted by atomic mass is 35.5. The summed E-state index contributed by atoms with van der Waals surface area (Å²) in [6, 6.07) is 12.1. The number of halogens is 2. The Labute approximate surface area is 202 Å². The van der Waals surface area contributed by atoms with Gasteiger partial charge in [-0.2, -0.15) is 0 Å². The first-order chi connectivity index (χ1) is 15.4. The molecule has 3 rings (SSSR count). The zero-order chi connectivity index (χ0) is 22.9. The van der Waals surface area contributed by atoms with E-state index >= 15 is 0 Å². The van der Waals surface area contributed by atoms with E-state index in [-0.39, 0.29) is 30.6 Å². The normalized spacial score (nSPS) is 10.5. The Morgan fingerprint density at radius 3 is 2.53 bits per heavy atom. The van der Waals surface area contributed by atoms with Crippen LogP contribution in [0.25, 0.3) is 0 Å². The van der Waals surface area contributed by atoms with Gasteiger partial charge in [0.1, 0.15) is 18.1 Å². The van der Waals surface area contributed by atoms with Gasteiger partial charge in [-0.1, -0.05) is 58.4 Å². The van der Waals surface area contributed by atoms with Crippen LogP contribution < -0.4 is 20.3 Å². The van der Waals surface area contributed by atoms with Crippen LogP contribution in [0.3, 0.4) is 0 Å². The molecule has 0 atom stereocenters. The van der Waals surface area contributed by atoms with E-state index in [4.69, 9.17) is 32.7 Å². The van der Waals surface area contributed by atoms with Gasteiger partial charge in [-0.3, -0.25) is 20.4 Å². The first-order valence-corrected chi connectivity index (χ1v) is 11.7. The predicted molar refractivity (Wildman–Crippen MR) is 124 cm³/mol. The van der Waals surface area contributed by atoms with Crippen molar-refractivity contribution in [1.82, 2.24) is 21.0 Å². The first kappa shape index (κ1) is 24.1. The van der Waals surface area contributed by atoms with Crippen molar-refractivity contribution in [3.05, 3.63) is 63.1 Å². The van der Waals surface area contributed by atoms with Gasteiger partial charge in [0.25, 0.3) is 0 Å². The second-order valence-electron chi connectivity index (χ2n) is 6.24. The summed E-state index contributed by atoms with van der Waals surface area (Å²) in [5.41, 5.74) is 5.57. The first-order valence-electron chi connectivity index (χ1n) is 9.16. The third-order valence-electron chi connectivity index (χ3n) is 3.89. The smallest absolute Gasteiger partial charge is 0.248 e. The lowest BCUT2D eigenvalue weighted by molar-refractivity contribution is -0.127. The van der Waals surface area contributed by atoms with Crippen LogP contribution in [-0.4, -0.2) is 34.9 Å². The zero-order valence-electron chi connectivity index (χ0n) is 16.8. The molecule has 1 heterocycles. The molecular formula is C20H18Cl2N4O4S2. The average Bonchev–Trinajstić information content (AvgIpc) is 3.24. The van der Waals surface area contributed by atoms with Crippen molar-refractivity contribution in [3.8, 4) is 11.5 Å². The third-order valence-corrected chi connectivity index (χ3v) is 6.45. The molecule has 0 radical (unpaired) electrons. The Bertz CT molecular complexity index is 1080. The summed E-state index contributed by atoms with van der Waals surface area (Å²) in [4.78, 5) is 23.9. The van der Waals surface area contributed by atoms with E-state index in [0.717, 1.165) is 5.56 Å². The minimum atomic E-state index is -0.362. The van der Waals surface area contributed by atoms with Crippen LogP contribution in [0.2, 0.25) is 10.0 Å². The quantitative estimate of drug-likeness (QED) is 0.330. The van der Waals surface area contributed by atoms with Crippen molar-refractivity contribution in [1.29, 1.82) is 0 Å². The lowest BCUT2D eigenvalue weighted by Gasteiger charge is -2.07. The number of hydrazine groups is 1. The molecule has 168 valence electrons. The van der Waals surface area contributed by atoms with Gasteiger partial charge in [0, 0.05) is 5.02 Å². The number of methoxy groups -OCH3 is 1. The molecular weight excluding hydrogens is 495 g/mol. The van der Waals surface area contributed by atoms with E-state index in [1.807, 2.05) is 0 Å². The van der Waals surface area contributed by atoms with Crippen LogP contribution >= 0.6 is 46.3 Å². The minimum Gasteiger partial charge on any atom is -0.497 e. The van der Waals surface area contributed by atoms with Crippen LogP contribution in [0.5, 0.6) is 11.5 Å². The molecule has 2 N–H and O–H groups in total. The molecule has 2 amide bonds. The molecule has 8 nitrogen and oxygen atoms in total. The number of rotatable bonds is 9. The molecule has 3 aromatic rings. The van der Waals surface area contributed by atoms with Crippen molar-refractivity contribution in [2.75, 3.05) is 12.9 Å². The summed E-state index contributed by atoms with van der Waals surface area (Å²) >= 11 is 14.4. The monoisotopic (exact) mass is 512 g/mol. The molecule has 0 spiro atoms. The minimum absolute atomic E-state index is 0.0708. The van der Waals surface area contributed by atoms with Gasteiger partial charge in [0.05, 0.1) is 24.3 Å². The van der Waals surface area contributed by atoms with Crippen LogP contribution in [-0.2, 0) is 22.6 Å². The number of nitrogens with zero attached hydrogens (tertiary/aromatic N) is 2. The van der Waals surface area contributed by atoms with Gasteiger partial charge in [0.15, 0.2) is 9.35 Å². The van der Waals surface area contributed by atoms with E-state index in [2.05, 4.69) is 21.0 Å². The van der Waals surface area contributed by atoms with Crippen molar-refractivity contribution in [3.63, 3.8) is 0 Å². The molecule has 2 aromatic carbocycles. The summed E-state index contributed by atoms with van der Waals surface area (Å²) in [7, 11) is 1.57. The maximum atomic E-state index is 12.0. The van der Waals surface area contributed by atoms with Gasteiger partial charge >= 0.3 is 0 Å². The second kappa shape index (κ2) is 11.9. The number of aromatic nitrogens is 2. The van der Waals surface area contributed by atoms with E-state index in [1.54, 1.807) is 49.6 Å². The van der Waals surface area contributed by atoms with Crippen LogP contribution in [0.4, 0.5) is 0 Å². The Hall–Kier alpha value is -2.53. The van der Waals surface area contributed by atoms with Gasteiger partial charge in [0.2, 0.25) is 11.8 Å². The number of nitrogens with one attached hydrogen (secondary N) is 2. The van der Waals surface area contributed by atoms with E-state index in [9.17, 15) is 9.59 Å². The molecule has 32 heavy (non-hydrogen) atoms.